The summed E-state index contributed by atoms with van der Waals surface area (Å²) in [5.41, 5.74) is 1.19. The van der Waals surface area contributed by atoms with E-state index < -0.39 is 10.0 Å². The van der Waals surface area contributed by atoms with Crippen molar-refractivity contribution >= 4 is 27.7 Å². The van der Waals surface area contributed by atoms with Gasteiger partial charge in [0.1, 0.15) is 0 Å². The van der Waals surface area contributed by atoms with Gasteiger partial charge in [-0.2, -0.15) is 4.31 Å². The van der Waals surface area contributed by atoms with E-state index in [-0.39, 0.29) is 10.8 Å². The van der Waals surface area contributed by atoms with Gasteiger partial charge >= 0.3 is 0 Å². The molecule has 0 aromatic heterocycles. The summed E-state index contributed by atoms with van der Waals surface area (Å²) in [6.07, 6.45) is 1.75. The number of sulfonamides is 1. The van der Waals surface area contributed by atoms with Crippen molar-refractivity contribution in [2.75, 3.05) is 25.4 Å². The Labute approximate surface area is 177 Å². The molecule has 0 saturated carbocycles. The van der Waals surface area contributed by atoms with Gasteiger partial charge in [-0.3, -0.25) is 4.79 Å². The van der Waals surface area contributed by atoms with Crippen molar-refractivity contribution in [2.24, 2.45) is 5.92 Å². The van der Waals surface area contributed by atoms with Crippen molar-refractivity contribution in [1.82, 2.24) is 9.62 Å². The van der Waals surface area contributed by atoms with Crippen molar-refractivity contribution in [1.29, 1.82) is 0 Å². The molecule has 1 fully saturated rings. The zero-order valence-electron chi connectivity index (χ0n) is 16.9. The highest BCUT2D eigenvalue weighted by molar-refractivity contribution is 7.99. The van der Waals surface area contributed by atoms with Crippen molar-refractivity contribution in [2.45, 2.75) is 36.5 Å². The van der Waals surface area contributed by atoms with E-state index >= 15 is 0 Å². The van der Waals surface area contributed by atoms with E-state index in [2.05, 4.69) is 12.2 Å². The summed E-state index contributed by atoms with van der Waals surface area (Å²) in [4.78, 5) is 14.0. The number of rotatable bonds is 7. The van der Waals surface area contributed by atoms with Crippen LogP contribution in [-0.2, 0) is 10.0 Å². The molecule has 1 heterocycles. The summed E-state index contributed by atoms with van der Waals surface area (Å²) >= 11 is 1.67. The molecule has 0 bridgehead atoms. The molecule has 156 valence electrons. The summed E-state index contributed by atoms with van der Waals surface area (Å²) in [5.74, 6) is 1.06. The first-order valence-electron chi connectivity index (χ1n) is 9.95. The molecule has 7 heteroatoms. The van der Waals surface area contributed by atoms with Crippen LogP contribution in [0.15, 0.2) is 58.3 Å². The van der Waals surface area contributed by atoms with Crippen molar-refractivity contribution in [3.63, 3.8) is 0 Å². The Morgan fingerprint density at radius 3 is 2.52 bits per heavy atom. The lowest BCUT2D eigenvalue weighted by Gasteiger charge is -2.29. The summed E-state index contributed by atoms with van der Waals surface area (Å²) in [6, 6.07) is 14.8. The predicted octanol–water partition coefficient (Wildman–Crippen LogP) is 3.94. The van der Waals surface area contributed by atoms with Gasteiger partial charge in [0, 0.05) is 35.8 Å². The van der Waals surface area contributed by atoms with Crippen molar-refractivity contribution in [3.05, 3.63) is 59.7 Å². The van der Waals surface area contributed by atoms with Crippen molar-refractivity contribution < 1.29 is 13.2 Å². The summed E-state index contributed by atoms with van der Waals surface area (Å²) < 4.78 is 27.5. The van der Waals surface area contributed by atoms with Crippen LogP contribution < -0.4 is 5.32 Å². The highest BCUT2D eigenvalue weighted by Gasteiger charge is 2.28. The number of thioether (sulfide) groups is 1. The molecule has 0 unspecified atom stereocenters. The van der Waals surface area contributed by atoms with Crippen LogP contribution in [0.25, 0.3) is 0 Å². The Bertz CT molecular complexity index is 938. The molecule has 1 saturated heterocycles. The summed E-state index contributed by atoms with van der Waals surface area (Å²) in [7, 11) is -3.57. The van der Waals surface area contributed by atoms with E-state index in [4.69, 9.17) is 0 Å². The Hall–Kier alpha value is -1.83. The van der Waals surface area contributed by atoms with Gasteiger partial charge in [0.25, 0.3) is 5.91 Å². The maximum Gasteiger partial charge on any atom is 0.251 e. The average Bonchev–Trinajstić information content (AvgIpc) is 2.72. The minimum Gasteiger partial charge on any atom is -0.351 e. The van der Waals surface area contributed by atoms with Crippen LogP contribution in [-0.4, -0.2) is 44.0 Å². The largest absolute Gasteiger partial charge is 0.351 e. The topological polar surface area (TPSA) is 66.5 Å². The number of nitrogens with zero attached hydrogens (tertiary/aromatic N) is 1. The van der Waals surface area contributed by atoms with Gasteiger partial charge < -0.3 is 5.32 Å². The molecule has 1 aliphatic heterocycles. The van der Waals surface area contributed by atoms with Crippen LogP contribution in [0.2, 0.25) is 0 Å². The zero-order chi connectivity index (χ0) is 20.9. The average molecular weight is 433 g/mol. The second kappa shape index (κ2) is 9.78. The smallest absolute Gasteiger partial charge is 0.251 e. The van der Waals surface area contributed by atoms with Gasteiger partial charge in [-0.05, 0) is 55.5 Å². The van der Waals surface area contributed by atoms with E-state index in [1.165, 1.54) is 10.4 Å². The number of amides is 1. The fraction of sp³-hybridized carbons (Fsp3) is 0.409. The molecule has 5 nitrogen and oxygen atoms in total. The number of hydrogen-bond donors (Lipinski definition) is 1. The van der Waals surface area contributed by atoms with Gasteiger partial charge in [0.2, 0.25) is 10.0 Å². The number of hydrogen-bond acceptors (Lipinski definition) is 4. The first kappa shape index (κ1) is 21.9. The fourth-order valence-electron chi connectivity index (χ4n) is 3.33. The van der Waals surface area contributed by atoms with Crippen LogP contribution in [0.4, 0.5) is 0 Å². The van der Waals surface area contributed by atoms with Gasteiger partial charge in [0.15, 0.2) is 0 Å². The van der Waals surface area contributed by atoms with Crippen molar-refractivity contribution in [3.8, 4) is 0 Å². The highest BCUT2D eigenvalue weighted by Crippen LogP contribution is 2.25. The third-order valence-corrected chi connectivity index (χ3v) is 8.14. The van der Waals surface area contributed by atoms with E-state index in [9.17, 15) is 13.2 Å². The molecule has 0 aliphatic carbocycles. The van der Waals surface area contributed by atoms with Crippen LogP contribution in [0, 0.1) is 12.8 Å². The minimum atomic E-state index is -3.57. The molecule has 2 aromatic rings. The third kappa shape index (κ3) is 5.62. The lowest BCUT2D eigenvalue weighted by Crippen LogP contribution is -2.38. The Kier molecular flexibility index (Phi) is 7.38. The Balaban J connectivity index is 1.64. The van der Waals surface area contributed by atoms with Gasteiger partial charge in [-0.1, -0.05) is 31.2 Å². The maximum absolute atomic E-state index is 13.0. The lowest BCUT2D eigenvalue weighted by atomic mass is 10.0. The molecular formula is C22H28N2O3S2. The normalized spacial score (nSPS) is 15.9. The molecule has 0 radical (unpaired) electrons. The molecule has 0 atom stereocenters. The van der Waals surface area contributed by atoms with Crippen LogP contribution >= 0.6 is 11.8 Å². The van der Waals surface area contributed by atoms with E-state index in [0.717, 1.165) is 29.1 Å². The fourth-order valence-corrected chi connectivity index (χ4v) is 5.61. The molecule has 3 rings (SSSR count). The minimum absolute atomic E-state index is 0.196. The van der Waals surface area contributed by atoms with Crippen LogP contribution in [0.1, 0.15) is 35.7 Å². The third-order valence-electron chi connectivity index (χ3n) is 5.23. The van der Waals surface area contributed by atoms with Crippen LogP contribution in [0.5, 0.6) is 0 Å². The zero-order valence-corrected chi connectivity index (χ0v) is 18.6. The molecular weight excluding hydrogens is 404 g/mol. The van der Waals surface area contributed by atoms with E-state index in [1.807, 2.05) is 37.3 Å². The Morgan fingerprint density at radius 2 is 1.83 bits per heavy atom. The first-order valence-corrected chi connectivity index (χ1v) is 12.4. The number of carbonyl (C=O) groups is 1. The second-order valence-electron chi connectivity index (χ2n) is 7.48. The van der Waals surface area contributed by atoms with E-state index in [1.54, 1.807) is 23.9 Å². The molecule has 0 spiro atoms. The summed E-state index contributed by atoms with van der Waals surface area (Å²) in [6.45, 7) is 5.56. The number of aryl methyl sites for hydroxylation is 1. The van der Waals surface area contributed by atoms with Gasteiger partial charge in [-0.25, -0.2) is 8.42 Å². The lowest BCUT2D eigenvalue weighted by molar-refractivity contribution is 0.0955. The number of nitrogens with one attached hydrogen (secondary N) is 1. The molecule has 2 aromatic carbocycles. The quantitative estimate of drug-likeness (QED) is 0.532. The molecule has 1 N–H and O–H groups in total. The molecule has 1 aliphatic rings. The summed E-state index contributed by atoms with van der Waals surface area (Å²) in [5, 5.41) is 2.91. The number of piperidine rings is 1. The molecule has 29 heavy (non-hydrogen) atoms. The first-order chi connectivity index (χ1) is 13.9. The standard InChI is InChI=1S/C22H28N2O3S2/c1-17-10-13-24(14-11-17)29(26,27)20-9-8-18(2)21(16-20)22(25)23-12-15-28-19-6-4-3-5-7-19/h3-9,16-17H,10-15H2,1-2H3,(H,23,25). The number of carbonyl (C=O) groups excluding carboxylic acids is 1. The van der Waals surface area contributed by atoms with Crippen LogP contribution in [0.3, 0.4) is 0 Å². The Morgan fingerprint density at radius 1 is 1.14 bits per heavy atom. The second-order valence-corrected chi connectivity index (χ2v) is 10.6. The molecule has 1 amide bonds. The SMILES string of the molecule is Cc1ccc(S(=O)(=O)N2CCC(C)CC2)cc1C(=O)NCCSc1ccccc1. The predicted molar refractivity (Wildman–Crippen MR) is 118 cm³/mol. The van der Waals surface area contributed by atoms with E-state index in [0.29, 0.717) is 31.1 Å². The highest BCUT2D eigenvalue weighted by atomic mass is 32.2. The number of benzene rings is 2. The monoisotopic (exact) mass is 432 g/mol. The van der Waals surface area contributed by atoms with Gasteiger partial charge in [0.05, 0.1) is 4.90 Å². The maximum atomic E-state index is 13.0. The van der Waals surface area contributed by atoms with Gasteiger partial charge in [-0.15, -0.1) is 11.8 Å².